The predicted molar refractivity (Wildman–Crippen MR) is 58.1 cm³/mol. The third kappa shape index (κ3) is 1.77. The van der Waals surface area contributed by atoms with Crippen LogP contribution in [0.2, 0.25) is 0 Å². The maximum absolute atomic E-state index is 12.1. The molecular weight excluding hydrogens is 211 g/mol. The molecular formula is C10H9FN4O. The Morgan fingerprint density at radius 1 is 1.56 bits per heavy atom. The first-order valence-electron chi connectivity index (χ1n) is 4.49. The lowest BCUT2D eigenvalue weighted by Gasteiger charge is -2.03. The highest BCUT2D eigenvalue weighted by Gasteiger charge is 2.19. The van der Waals surface area contributed by atoms with Crippen molar-refractivity contribution >= 4 is 11.7 Å². The molecule has 2 heterocycles. The van der Waals surface area contributed by atoms with Crippen molar-refractivity contribution in [1.82, 2.24) is 10.3 Å². The van der Waals surface area contributed by atoms with Gasteiger partial charge in [-0.25, -0.2) is 4.99 Å². The van der Waals surface area contributed by atoms with Gasteiger partial charge in [0.15, 0.2) is 5.84 Å². The highest BCUT2D eigenvalue weighted by atomic mass is 19.2. The zero-order valence-corrected chi connectivity index (χ0v) is 8.57. The van der Waals surface area contributed by atoms with E-state index in [-0.39, 0.29) is 5.84 Å². The van der Waals surface area contributed by atoms with Crippen LogP contribution in [0.15, 0.2) is 40.8 Å². The zero-order chi connectivity index (χ0) is 11.5. The van der Waals surface area contributed by atoms with Crippen molar-refractivity contribution in [2.45, 2.75) is 0 Å². The summed E-state index contributed by atoms with van der Waals surface area (Å²) in [4.78, 5) is 7.98. The van der Waals surface area contributed by atoms with Crippen molar-refractivity contribution in [2.75, 3.05) is 7.11 Å². The minimum absolute atomic E-state index is 0.0698. The van der Waals surface area contributed by atoms with E-state index < -0.39 is 0 Å². The lowest BCUT2D eigenvalue weighted by atomic mass is 10.3. The summed E-state index contributed by atoms with van der Waals surface area (Å²) >= 11 is 0. The zero-order valence-electron chi connectivity index (χ0n) is 8.57. The van der Waals surface area contributed by atoms with E-state index in [2.05, 4.69) is 27.1 Å². The summed E-state index contributed by atoms with van der Waals surface area (Å²) in [6, 6.07) is 3.39. The number of amidine groups is 2. The Hall–Kier alpha value is -2.24. The Kier molecular flexibility index (Phi) is 2.63. The van der Waals surface area contributed by atoms with E-state index in [9.17, 15) is 4.48 Å². The molecule has 1 aromatic rings. The molecule has 1 aromatic heterocycles. The topological polar surface area (TPSA) is 58.9 Å². The monoisotopic (exact) mass is 220 g/mol. The highest BCUT2D eigenvalue weighted by Crippen LogP contribution is 2.13. The van der Waals surface area contributed by atoms with Gasteiger partial charge in [0.25, 0.3) is 0 Å². The second-order valence-corrected chi connectivity index (χ2v) is 3.05. The third-order valence-corrected chi connectivity index (χ3v) is 2.05. The first-order valence-corrected chi connectivity index (χ1v) is 4.49. The fraction of sp³-hybridized carbons (Fsp3) is 0.100. The third-order valence-electron chi connectivity index (χ3n) is 2.05. The largest absolute Gasteiger partial charge is 0.497 e. The van der Waals surface area contributed by atoms with Gasteiger partial charge in [-0.15, -0.1) is 0 Å². The van der Waals surface area contributed by atoms with Crippen LogP contribution in [0.5, 0.6) is 5.75 Å². The number of hydrogen-bond acceptors (Lipinski definition) is 4. The van der Waals surface area contributed by atoms with Crippen LogP contribution in [0.4, 0.5) is 4.48 Å². The van der Waals surface area contributed by atoms with Gasteiger partial charge in [-0.05, 0) is 6.07 Å². The van der Waals surface area contributed by atoms with Crippen molar-refractivity contribution < 1.29 is 9.22 Å². The SMILES string of the molecule is C=C1NC(c2cc(OC)ccn2)=NC1=NF. The number of pyridine rings is 1. The molecule has 0 bridgehead atoms. The van der Waals surface area contributed by atoms with Crippen LogP contribution in [-0.2, 0) is 0 Å². The summed E-state index contributed by atoms with van der Waals surface area (Å²) < 4.78 is 17.2. The predicted octanol–water partition coefficient (Wildman–Crippen LogP) is 1.24. The standard InChI is InChI=1S/C10H9FN4O/c1-6-9(15-11)14-10(13-6)8-5-7(16-2)3-4-12-8/h3-5H,1H2,2H3,(H,13,14,15). The van der Waals surface area contributed by atoms with Gasteiger partial charge < -0.3 is 10.1 Å². The van der Waals surface area contributed by atoms with Crippen molar-refractivity contribution in [2.24, 2.45) is 10.2 Å². The van der Waals surface area contributed by atoms with Crippen molar-refractivity contribution in [3.8, 4) is 5.75 Å². The van der Waals surface area contributed by atoms with Gasteiger partial charge in [-0.1, -0.05) is 16.3 Å². The minimum Gasteiger partial charge on any atom is -0.497 e. The van der Waals surface area contributed by atoms with Gasteiger partial charge in [0.2, 0.25) is 5.84 Å². The summed E-state index contributed by atoms with van der Waals surface area (Å²) in [5.74, 6) is 0.977. The molecule has 5 nitrogen and oxygen atoms in total. The first kappa shape index (κ1) is 10.3. The first-order chi connectivity index (χ1) is 7.74. The number of nitrogens with one attached hydrogen (secondary N) is 1. The summed E-state index contributed by atoms with van der Waals surface area (Å²) in [6.45, 7) is 3.57. The maximum atomic E-state index is 12.1. The molecule has 0 fully saturated rings. The number of ether oxygens (including phenoxy) is 1. The summed E-state index contributed by atoms with van der Waals surface area (Å²) in [5, 5.41) is 5.28. The van der Waals surface area contributed by atoms with E-state index >= 15 is 0 Å². The molecule has 0 saturated carbocycles. The summed E-state index contributed by atoms with van der Waals surface area (Å²) in [6.07, 6.45) is 1.58. The van der Waals surface area contributed by atoms with E-state index in [4.69, 9.17) is 4.74 Å². The molecule has 6 heteroatoms. The molecule has 0 amide bonds. The number of nitrogens with zero attached hydrogens (tertiary/aromatic N) is 3. The molecule has 16 heavy (non-hydrogen) atoms. The van der Waals surface area contributed by atoms with Gasteiger partial charge in [0.05, 0.1) is 12.8 Å². The maximum Gasteiger partial charge on any atom is 0.210 e. The molecule has 0 atom stereocenters. The number of rotatable bonds is 2. The average Bonchev–Trinajstić information content (AvgIpc) is 2.71. The van der Waals surface area contributed by atoms with Crippen LogP contribution in [0, 0.1) is 0 Å². The number of aliphatic imine (C=N–C) groups is 1. The van der Waals surface area contributed by atoms with Crippen molar-refractivity contribution in [3.63, 3.8) is 0 Å². The molecule has 0 aliphatic carbocycles. The van der Waals surface area contributed by atoms with E-state index in [0.29, 0.717) is 23.0 Å². The average molecular weight is 220 g/mol. The van der Waals surface area contributed by atoms with E-state index in [1.807, 2.05) is 0 Å². The van der Waals surface area contributed by atoms with Crippen LogP contribution in [0.25, 0.3) is 0 Å². The van der Waals surface area contributed by atoms with Crippen LogP contribution >= 0.6 is 0 Å². The van der Waals surface area contributed by atoms with Crippen LogP contribution in [0.1, 0.15) is 5.69 Å². The smallest absolute Gasteiger partial charge is 0.210 e. The van der Waals surface area contributed by atoms with Gasteiger partial charge >= 0.3 is 0 Å². The van der Waals surface area contributed by atoms with Crippen molar-refractivity contribution in [3.05, 3.63) is 36.3 Å². The van der Waals surface area contributed by atoms with E-state index in [0.717, 1.165) is 0 Å². The number of methoxy groups -OCH3 is 1. The van der Waals surface area contributed by atoms with E-state index in [1.165, 1.54) is 0 Å². The molecule has 1 aliphatic heterocycles. The van der Waals surface area contributed by atoms with Gasteiger partial charge in [0.1, 0.15) is 11.4 Å². The van der Waals surface area contributed by atoms with Crippen LogP contribution < -0.4 is 10.1 Å². The number of hydrogen-bond donors (Lipinski definition) is 1. The van der Waals surface area contributed by atoms with Gasteiger partial charge in [-0.2, -0.15) is 0 Å². The Bertz CT molecular complexity index is 495. The minimum atomic E-state index is -0.0698. The molecule has 0 spiro atoms. The molecule has 1 N–H and O–H groups in total. The van der Waals surface area contributed by atoms with Crippen LogP contribution in [-0.4, -0.2) is 23.8 Å². The molecule has 1 aliphatic rings. The molecule has 0 unspecified atom stereocenters. The van der Waals surface area contributed by atoms with Gasteiger partial charge in [-0.3, -0.25) is 4.98 Å². The second kappa shape index (κ2) is 4.09. The lowest BCUT2D eigenvalue weighted by molar-refractivity contribution is 0.414. The highest BCUT2D eigenvalue weighted by molar-refractivity contribution is 6.18. The summed E-state index contributed by atoms with van der Waals surface area (Å²) in [5.41, 5.74) is 0.848. The molecule has 2 rings (SSSR count). The fourth-order valence-electron chi connectivity index (χ4n) is 1.26. The Morgan fingerprint density at radius 2 is 2.38 bits per heavy atom. The number of aromatic nitrogens is 1. The Morgan fingerprint density at radius 3 is 3.00 bits per heavy atom. The normalized spacial score (nSPS) is 17.2. The molecule has 0 aromatic carbocycles. The molecule has 82 valence electrons. The Balaban J connectivity index is 2.36. The quantitative estimate of drug-likeness (QED) is 0.815. The number of halogens is 1. The fourth-order valence-corrected chi connectivity index (χ4v) is 1.26. The van der Waals surface area contributed by atoms with Crippen molar-refractivity contribution in [1.29, 1.82) is 0 Å². The molecule has 0 saturated heterocycles. The van der Waals surface area contributed by atoms with Crippen LogP contribution in [0.3, 0.4) is 0 Å². The lowest BCUT2D eigenvalue weighted by Crippen LogP contribution is -2.19. The summed E-state index contributed by atoms with van der Waals surface area (Å²) in [7, 11) is 1.55. The Labute approximate surface area is 91.3 Å². The molecule has 0 radical (unpaired) electrons. The second-order valence-electron chi connectivity index (χ2n) is 3.05. The van der Waals surface area contributed by atoms with Gasteiger partial charge in [0, 0.05) is 12.3 Å². The van der Waals surface area contributed by atoms with E-state index in [1.54, 1.807) is 25.4 Å².